The van der Waals surface area contributed by atoms with Crippen LogP contribution < -0.4 is 5.43 Å². The third-order valence-corrected chi connectivity index (χ3v) is 5.12. The van der Waals surface area contributed by atoms with Crippen LogP contribution in [0.3, 0.4) is 0 Å². The van der Waals surface area contributed by atoms with Gasteiger partial charge in [0.15, 0.2) is 5.16 Å². The van der Waals surface area contributed by atoms with E-state index < -0.39 is 0 Å². The molecule has 6 nitrogen and oxygen atoms in total. The fourth-order valence-corrected chi connectivity index (χ4v) is 3.57. The van der Waals surface area contributed by atoms with E-state index in [1.165, 1.54) is 11.8 Å². The number of aromatic amines is 1. The first-order valence-corrected chi connectivity index (χ1v) is 9.13. The first-order valence-electron chi connectivity index (χ1n) is 8.14. The first-order chi connectivity index (χ1) is 12.7. The van der Waals surface area contributed by atoms with Gasteiger partial charge in [0, 0.05) is 29.7 Å². The predicted octanol–water partition coefficient (Wildman–Crippen LogP) is 3.30. The van der Waals surface area contributed by atoms with Crippen LogP contribution in [-0.2, 0) is 11.8 Å². The average molecular weight is 363 g/mol. The molecule has 0 aliphatic heterocycles. The van der Waals surface area contributed by atoms with Gasteiger partial charge in [-0.25, -0.2) is 10.4 Å². The number of nitrogens with zero attached hydrogens (tertiary/aromatic N) is 3. The number of rotatable bonds is 5. The van der Waals surface area contributed by atoms with E-state index in [2.05, 4.69) is 20.5 Å². The number of imidazole rings is 1. The number of benzene rings is 2. The number of aromatic nitrogens is 3. The lowest BCUT2D eigenvalue weighted by Gasteiger charge is -2.01. The molecule has 2 heterocycles. The summed E-state index contributed by atoms with van der Waals surface area (Å²) in [7, 11) is 1.95. The Balaban J connectivity index is 1.37. The van der Waals surface area contributed by atoms with Crippen molar-refractivity contribution in [2.24, 2.45) is 12.1 Å². The van der Waals surface area contributed by atoms with Crippen LogP contribution in [-0.4, -0.2) is 32.4 Å². The maximum Gasteiger partial charge on any atom is 0.250 e. The van der Waals surface area contributed by atoms with E-state index in [4.69, 9.17) is 0 Å². The minimum Gasteiger partial charge on any atom is -0.361 e. The summed E-state index contributed by atoms with van der Waals surface area (Å²) >= 11 is 1.39. The fourth-order valence-electron chi connectivity index (χ4n) is 2.79. The lowest BCUT2D eigenvalue weighted by Crippen LogP contribution is -2.19. The highest BCUT2D eigenvalue weighted by molar-refractivity contribution is 7.99. The molecular formula is C19H17N5OS. The van der Waals surface area contributed by atoms with E-state index in [-0.39, 0.29) is 11.7 Å². The number of fused-ring (bicyclic) bond motifs is 2. The summed E-state index contributed by atoms with van der Waals surface area (Å²) in [5.74, 6) is 0.0840. The highest BCUT2D eigenvalue weighted by Crippen LogP contribution is 2.22. The third-order valence-electron chi connectivity index (χ3n) is 4.09. The third kappa shape index (κ3) is 3.21. The van der Waals surface area contributed by atoms with Gasteiger partial charge in [0.05, 0.1) is 23.0 Å². The minimum absolute atomic E-state index is 0.168. The van der Waals surface area contributed by atoms with Crippen molar-refractivity contribution in [3.8, 4) is 0 Å². The monoisotopic (exact) mass is 363 g/mol. The maximum atomic E-state index is 12.0. The smallest absolute Gasteiger partial charge is 0.250 e. The van der Waals surface area contributed by atoms with Gasteiger partial charge in [-0.2, -0.15) is 5.10 Å². The van der Waals surface area contributed by atoms with Gasteiger partial charge in [0.25, 0.3) is 5.91 Å². The maximum absolute atomic E-state index is 12.0. The minimum atomic E-state index is -0.168. The number of thioether (sulfide) groups is 1. The number of carbonyl (C=O) groups excluding carboxylic acids is 1. The molecule has 2 N–H and O–H groups in total. The van der Waals surface area contributed by atoms with Crippen molar-refractivity contribution in [2.45, 2.75) is 5.16 Å². The second kappa shape index (κ2) is 7.05. The summed E-state index contributed by atoms with van der Waals surface area (Å²) in [4.78, 5) is 19.8. The molecule has 0 saturated heterocycles. The van der Waals surface area contributed by atoms with Crippen LogP contribution in [0.15, 0.2) is 65.0 Å². The van der Waals surface area contributed by atoms with Crippen molar-refractivity contribution in [1.82, 2.24) is 20.0 Å². The van der Waals surface area contributed by atoms with Crippen LogP contribution in [0.25, 0.3) is 21.9 Å². The Kier molecular flexibility index (Phi) is 4.45. The van der Waals surface area contributed by atoms with Gasteiger partial charge in [-0.1, -0.05) is 42.1 Å². The highest BCUT2D eigenvalue weighted by atomic mass is 32.2. The van der Waals surface area contributed by atoms with Gasteiger partial charge < -0.3 is 9.55 Å². The van der Waals surface area contributed by atoms with E-state index in [1.807, 2.05) is 66.3 Å². The Hall–Kier alpha value is -3.06. The van der Waals surface area contributed by atoms with Gasteiger partial charge in [-0.3, -0.25) is 4.79 Å². The van der Waals surface area contributed by atoms with E-state index in [9.17, 15) is 4.79 Å². The van der Waals surface area contributed by atoms with Crippen molar-refractivity contribution in [3.05, 3.63) is 60.3 Å². The summed E-state index contributed by atoms with van der Waals surface area (Å²) in [5, 5.41) is 5.93. The van der Waals surface area contributed by atoms with E-state index in [1.54, 1.807) is 6.21 Å². The fraction of sp³-hybridized carbons (Fsp3) is 0.105. The van der Waals surface area contributed by atoms with Gasteiger partial charge >= 0.3 is 0 Å². The molecule has 2 aromatic carbocycles. The molecule has 0 radical (unpaired) electrons. The number of carbonyl (C=O) groups is 1. The van der Waals surface area contributed by atoms with Crippen LogP contribution in [0.1, 0.15) is 5.56 Å². The number of amides is 1. The standard InChI is InChI=1S/C19H17N5OS/c1-24-17-9-5-4-8-16(17)22-19(24)26-12-18(25)23-21-11-13-10-20-15-7-3-2-6-14(13)15/h2-11,20H,12H2,1H3,(H,23,25)/b21-11+. The predicted molar refractivity (Wildman–Crippen MR) is 105 cm³/mol. The Bertz CT molecular complexity index is 1110. The number of H-pyrrole nitrogens is 1. The second-order valence-corrected chi connectivity index (χ2v) is 6.76. The normalized spacial score (nSPS) is 11.6. The lowest BCUT2D eigenvalue weighted by molar-refractivity contribution is -0.118. The molecule has 0 bridgehead atoms. The highest BCUT2D eigenvalue weighted by Gasteiger charge is 2.09. The van der Waals surface area contributed by atoms with E-state index in [0.717, 1.165) is 32.7 Å². The molecule has 0 atom stereocenters. The summed E-state index contributed by atoms with van der Waals surface area (Å²) in [5.41, 5.74) is 6.52. The Morgan fingerprint density at radius 2 is 2.08 bits per heavy atom. The molecule has 0 fully saturated rings. The molecule has 0 saturated carbocycles. The summed E-state index contributed by atoms with van der Waals surface area (Å²) in [6.45, 7) is 0. The molecule has 4 rings (SSSR count). The first kappa shape index (κ1) is 16.4. The number of hydrogen-bond acceptors (Lipinski definition) is 4. The molecule has 0 spiro atoms. The van der Waals surface area contributed by atoms with Crippen molar-refractivity contribution >= 4 is 45.8 Å². The van der Waals surface area contributed by atoms with Crippen molar-refractivity contribution in [2.75, 3.05) is 5.75 Å². The SMILES string of the molecule is Cn1c(SCC(=O)N/N=C/c2c[nH]c3ccccc23)nc2ccccc21. The molecule has 4 aromatic rings. The molecule has 2 aromatic heterocycles. The zero-order valence-corrected chi connectivity index (χ0v) is 15.0. The largest absolute Gasteiger partial charge is 0.361 e. The zero-order chi connectivity index (χ0) is 17.9. The number of para-hydroxylation sites is 3. The average Bonchev–Trinajstić information content (AvgIpc) is 3.22. The van der Waals surface area contributed by atoms with Gasteiger partial charge in [-0.05, 0) is 18.2 Å². The van der Waals surface area contributed by atoms with Crippen molar-refractivity contribution in [1.29, 1.82) is 0 Å². The molecule has 0 aliphatic rings. The molecule has 7 heteroatoms. The zero-order valence-electron chi connectivity index (χ0n) is 14.1. The number of hydrazone groups is 1. The molecule has 26 heavy (non-hydrogen) atoms. The number of aryl methyl sites for hydroxylation is 1. The molecule has 0 aliphatic carbocycles. The molecular weight excluding hydrogens is 346 g/mol. The Morgan fingerprint density at radius 1 is 1.27 bits per heavy atom. The number of hydrogen-bond donors (Lipinski definition) is 2. The van der Waals surface area contributed by atoms with Gasteiger partial charge in [0.2, 0.25) is 0 Å². The summed E-state index contributed by atoms with van der Waals surface area (Å²) in [6, 6.07) is 15.9. The Labute approximate surface area is 154 Å². The number of nitrogens with one attached hydrogen (secondary N) is 2. The van der Waals surface area contributed by atoms with Gasteiger partial charge in [0.1, 0.15) is 0 Å². The summed E-state index contributed by atoms with van der Waals surface area (Å²) in [6.07, 6.45) is 3.52. The molecule has 0 unspecified atom stereocenters. The van der Waals surface area contributed by atoms with Crippen LogP contribution in [0, 0.1) is 0 Å². The lowest BCUT2D eigenvalue weighted by atomic mass is 10.2. The quantitative estimate of drug-likeness (QED) is 0.325. The van der Waals surface area contributed by atoms with E-state index >= 15 is 0 Å². The topological polar surface area (TPSA) is 75.1 Å². The van der Waals surface area contributed by atoms with E-state index in [0.29, 0.717) is 0 Å². The van der Waals surface area contributed by atoms with Crippen LogP contribution in [0.2, 0.25) is 0 Å². The van der Waals surface area contributed by atoms with Crippen molar-refractivity contribution < 1.29 is 4.79 Å². The van der Waals surface area contributed by atoms with Crippen LogP contribution in [0.5, 0.6) is 0 Å². The molecule has 130 valence electrons. The summed E-state index contributed by atoms with van der Waals surface area (Å²) < 4.78 is 1.99. The van der Waals surface area contributed by atoms with Gasteiger partial charge in [-0.15, -0.1) is 0 Å². The van der Waals surface area contributed by atoms with Crippen LogP contribution >= 0.6 is 11.8 Å². The van der Waals surface area contributed by atoms with Crippen molar-refractivity contribution in [3.63, 3.8) is 0 Å². The van der Waals surface area contributed by atoms with Crippen LogP contribution in [0.4, 0.5) is 0 Å². The second-order valence-electron chi connectivity index (χ2n) is 5.81. The molecule has 1 amide bonds. The Morgan fingerprint density at radius 3 is 2.96 bits per heavy atom.